The summed E-state index contributed by atoms with van der Waals surface area (Å²) in [4.78, 5) is 54.3. The second-order valence-electron chi connectivity index (χ2n) is 16.6. The van der Waals surface area contributed by atoms with E-state index in [9.17, 15) is 58.9 Å². The molecule has 0 amide bonds. The van der Waals surface area contributed by atoms with Gasteiger partial charge in [0, 0.05) is 12.8 Å². The van der Waals surface area contributed by atoms with Crippen molar-refractivity contribution in [2.45, 2.75) is 210 Å². The molecule has 0 heterocycles. The van der Waals surface area contributed by atoms with Crippen LogP contribution in [0.25, 0.3) is 0 Å². The van der Waals surface area contributed by atoms with Crippen LogP contribution in [0.1, 0.15) is 162 Å². The first-order valence-corrected chi connectivity index (χ1v) is 27.0. The number of hydrogen-bond donors (Lipinski definition) is 8. The van der Waals surface area contributed by atoms with E-state index in [1.807, 2.05) is 48.6 Å². The van der Waals surface area contributed by atoms with Gasteiger partial charge < -0.3 is 49.7 Å². The summed E-state index contributed by atoms with van der Waals surface area (Å²) in [7, 11) is -10.7. The second kappa shape index (κ2) is 37.5. The van der Waals surface area contributed by atoms with Gasteiger partial charge >= 0.3 is 27.6 Å². The average molecular weight is 981 g/mol. The Morgan fingerprint density at radius 2 is 1.03 bits per heavy atom. The van der Waals surface area contributed by atoms with Gasteiger partial charge in [0.2, 0.25) is 0 Å². The molecule has 0 radical (unpaired) electrons. The first kappa shape index (κ1) is 61.7. The van der Waals surface area contributed by atoms with Crippen molar-refractivity contribution in [3.8, 4) is 0 Å². The van der Waals surface area contributed by atoms with Crippen molar-refractivity contribution in [1.29, 1.82) is 0 Å². The summed E-state index contributed by atoms with van der Waals surface area (Å²) in [6, 6.07) is 0. The molecule has 1 aliphatic carbocycles. The minimum atomic E-state index is -5.38. The lowest BCUT2D eigenvalue weighted by atomic mass is 9.85. The van der Waals surface area contributed by atoms with Crippen LogP contribution in [0.3, 0.4) is 0 Å². The van der Waals surface area contributed by atoms with Crippen LogP contribution < -0.4 is 0 Å². The highest BCUT2D eigenvalue weighted by molar-refractivity contribution is 7.47. The fourth-order valence-corrected chi connectivity index (χ4v) is 8.39. The number of carbonyl (C=O) groups excluding carboxylic acids is 2. The molecule has 8 N–H and O–H groups in total. The molecule has 66 heavy (non-hydrogen) atoms. The summed E-state index contributed by atoms with van der Waals surface area (Å²) in [5.41, 5.74) is 0. The average Bonchev–Trinajstić information content (AvgIpc) is 3.27. The Morgan fingerprint density at radius 3 is 1.62 bits per heavy atom. The fourth-order valence-electron chi connectivity index (χ4n) is 6.85. The smallest absolute Gasteiger partial charge is 0.462 e. The molecule has 0 saturated heterocycles. The first-order valence-electron chi connectivity index (χ1n) is 23.9. The lowest BCUT2D eigenvalue weighted by Crippen LogP contribution is -2.64. The molecule has 5 unspecified atom stereocenters. The Kier molecular flexibility index (Phi) is 35.1. The van der Waals surface area contributed by atoms with Gasteiger partial charge in [-0.1, -0.05) is 139 Å². The lowest BCUT2D eigenvalue weighted by molar-refractivity contribution is -0.216. The monoisotopic (exact) mass is 981 g/mol. The third-order valence-corrected chi connectivity index (χ3v) is 12.1. The molecule has 1 aliphatic rings. The second-order valence-corrected chi connectivity index (χ2v) is 19.2. The van der Waals surface area contributed by atoms with Crippen LogP contribution in [-0.4, -0.2) is 114 Å². The molecule has 19 heteroatoms. The summed E-state index contributed by atoms with van der Waals surface area (Å²) in [6.45, 7) is 2.89. The third kappa shape index (κ3) is 31.7. The molecule has 9 atom stereocenters. The van der Waals surface area contributed by atoms with Crippen molar-refractivity contribution in [3.05, 3.63) is 60.8 Å². The lowest BCUT2D eigenvalue weighted by Gasteiger charge is -2.43. The van der Waals surface area contributed by atoms with E-state index in [0.717, 1.165) is 83.5 Å². The maximum absolute atomic E-state index is 13.0. The topological polar surface area (TPSA) is 276 Å². The van der Waals surface area contributed by atoms with E-state index in [1.165, 1.54) is 25.7 Å². The largest absolute Gasteiger partial charge is 0.472 e. The van der Waals surface area contributed by atoms with Gasteiger partial charge in [-0.15, -0.1) is 0 Å². The van der Waals surface area contributed by atoms with Gasteiger partial charge in [-0.05, 0) is 70.6 Å². The van der Waals surface area contributed by atoms with Crippen LogP contribution >= 0.6 is 15.6 Å². The predicted octanol–water partition coefficient (Wildman–Crippen LogP) is 8.03. The molecular weight excluding hydrogens is 898 g/mol. The normalized spacial score (nSPS) is 22.5. The van der Waals surface area contributed by atoms with Crippen molar-refractivity contribution in [2.75, 3.05) is 13.2 Å². The maximum atomic E-state index is 13.0. The standard InChI is InChI=1S/C47H82O17P2/c1-3-5-7-8-9-10-11-12-13-14-18-21-24-27-30-34-40(49)60-36-39(37-61-66(58,59)64-47-44(53)42(51)43(52)46(45(47)54)63-65(55,56)57)62-41(50)35-31-28-25-22-19-16-15-17-20-23-26-29-33-38(48)32-6-4-2/h10-11,15-16,20,22-23,25,29,33,38-39,42-48,51-54H,3-9,12-14,17-19,21,24,26-28,30-32,34-37H2,1-2H3,(H,58,59)(H2,55,56,57)/b11-10-,16-15-,23-20-,25-22-,33-29-/t38-,39-,42?,43?,44?,45?,46-,47+/m1/s1. The van der Waals surface area contributed by atoms with Gasteiger partial charge in [-0.25, -0.2) is 9.13 Å². The van der Waals surface area contributed by atoms with E-state index in [1.54, 1.807) is 0 Å². The number of aliphatic hydroxyl groups is 5. The summed E-state index contributed by atoms with van der Waals surface area (Å²) < 4.78 is 49.3. The quantitative estimate of drug-likeness (QED) is 0.0125. The zero-order valence-corrected chi connectivity index (χ0v) is 41.0. The highest BCUT2D eigenvalue weighted by Crippen LogP contribution is 2.49. The van der Waals surface area contributed by atoms with Crippen molar-refractivity contribution in [3.63, 3.8) is 0 Å². The fraction of sp³-hybridized carbons (Fsp3) is 0.745. The minimum absolute atomic E-state index is 0.0513. The van der Waals surface area contributed by atoms with Gasteiger partial charge in [0.15, 0.2) is 6.10 Å². The molecule has 382 valence electrons. The highest BCUT2D eigenvalue weighted by Gasteiger charge is 2.54. The van der Waals surface area contributed by atoms with Crippen molar-refractivity contribution < 1.29 is 82.0 Å². The number of allylic oxidation sites excluding steroid dienone is 9. The van der Waals surface area contributed by atoms with Gasteiger partial charge in [-0.2, -0.15) is 0 Å². The molecule has 0 aromatic heterocycles. The molecular formula is C47H82O17P2. The van der Waals surface area contributed by atoms with Gasteiger partial charge in [-0.3, -0.25) is 23.2 Å². The van der Waals surface area contributed by atoms with E-state index < -0.39 is 89.6 Å². The van der Waals surface area contributed by atoms with Crippen LogP contribution in [0.2, 0.25) is 0 Å². The summed E-state index contributed by atoms with van der Waals surface area (Å²) >= 11 is 0. The van der Waals surface area contributed by atoms with E-state index in [-0.39, 0.29) is 12.8 Å². The number of phosphoric ester groups is 2. The zero-order valence-electron chi connectivity index (χ0n) is 39.2. The number of esters is 2. The molecule has 1 rings (SSSR count). The van der Waals surface area contributed by atoms with Crippen LogP contribution in [0.5, 0.6) is 0 Å². The van der Waals surface area contributed by atoms with Crippen molar-refractivity contribution in [1.82, 2.24) is 0 Å². The Morgan fingerprint density at radius 1 is 0.545 bits per heavy atom. The van der Waals surface area contributed by atoms with E-state index in [0.29, 0.717) is 25.7 Å². The highest BCUT2D eigenvalue weighted by atomic mass is 31.2. The number of carbonyl (C=O) groups is 2. The molecule has 0 aromatic rings. The predicted molar refractivity (Wildman–Crippen MR) is 252 cm³/mol. The number of ether oxygens (including phenoxy) is 2. The number of hydrogen-bond acceptors (Lipinski definition) is 14. The summed E-state index contributed by atoms with van der Waals surface area (Å²) in [5.74, 6) is -1.30. The number of unbranched alkanes of at least 4 members (excludes halogenated alkanes) is 13. The maximum Gasteiger partial charge on any atom is 0.472 e. The Hall–Kier alpha value is -2.34. The Bertz CT molecular complexity index is 1530. The molecule has 1 saturated carbocycles. The van der Waals surface area contributed by atoms with Crippen molar-refractivity contribution >= 4 is 27.6 Å². The first-order chi connectivity index (χ1) is 31.5. The van der Waals surface area contributed by atoms with Crippen molar-refractivity contribution in [2.24, 2.45) is 0 Å². The van der Waals surface area contributed by atoms with Crippen LogP contribution in [-0.2, 0) is 41.8 Å². The van der Waals surface area contributed by atoms with Gasteiger partial charge in [0.25, 0.3) is 0 Å². The molecule has 0 bridgehead atoms. The molecule has 1 fully saturated rings. The van der Waals surface area contributed by atoms with Gasteiger partial charge in [0.05, 0.1) is 12.7 Å². The van der Waals surface area contributed by atoms with E-state index in [4.69, 9.17) is 18.5 Å². The molecule has 0 spiro atoms. The SMILES string of the molecule is CCCCCC/C=C\CCCCCCCCCC(=O)OC[C@H](COP(=O)(O)O[C@H]1C(O)C(O)C(O)[C@@H](OP(=O)(O)O)C1O)OC(=O)CCC/C=C\C/C=C\C/C=C\C/C=C\[C@H](O)CCCC. The van der Waals surface area contributed by atoms with Crippen LogP contribution in [0.15, 0.2) is 60.8 Å². The molecule has 0 aliphatic heterocycles. The molecule has 0 aromatic carbocycles. The van der Waals surface area contributed by atoms with Crippen LogP contribution in [0, 0.1) is 0 Å². The summed E-state index contributed by atoms with van der Waals surface area (Å²) in [5, 5.41) is 51.1. The van der Waals surface area contributed by atoms with E-state index >= 15 is 0 Å². The zero-order chi connectivity index (χ0) is 49.1. The Labute approximate surface area is 392 Å². The minimum Gasteiger partial charge on any atom is -0.462 e. The molecule has 17 nitrogen and oxygen atoms in total. The van der Waals surface area contributed by atoms with E-state index in [2.05, 4.69) is 30.5 Å². The summed E-state index contributed by atoms with van der Waals surface area (Å²) in [6.07, 6.45) is 25.1. The van der Waals surface area contributed by atoms with Gasteiger partial charge in [0.1, 0.15) is 43.2 Å². The van der Waals surface area contributed by atoms with Crippen LogP contribution in [0.4, 0.5) is 0 Å². The number of phosphoric acid groups is 2. The third-order valence-electron chi connectivity index (χ3n) is 10.6. The number of aliphatic hydroxyl groups excluding tert-OH is 5. The number of rotatable bonds is 39. The Balaban J connectivity index is 2.65.